The summed E-state index contributed by atoms with van der Waals surface area (Å²) in [6, 6.07) is 5.81. The summed E-state index contributed by atoms with van der Waals surface area (Å²) in [6.07, 6.45) is 0. The molecule has 0 radical (unpaired) electrons. The minimum absolute atomic E-state index is 0.0769. The second-order valence-corrected chi connectivity index (χ2v) is 6.08. The van der Waals surface area contributed by atoms with E-state index in [1.807, 2.05) is 23.9 Å². The van der Waals surface area contributed by atoms with E-state index < -0.39 is 0 Å². The van der Waals surface area contributed by atoms with Gasteiger partial charge in [-0.05, 0) is 31.8 Å². The van der Waals surface area contributed by atoms with Crippen molar-refractivity contribution in [2.24, 2.45) is 0 Å². The molecule has 1 atom stereocenters. The Morgan fingerprint density at radius 2 is 1.83 bits per heavy atom. The van der Waals surface area contributed by atoms with E-state index >= 15 is 0 Å². The number of halogens is 1. The molecule has 1 aromatic carbocycles. The number of amides is 1. The SMILES string of the molecule is COCCN1CCN(C(=O)[C@@H](c2ccc(F)cc2)N(C)C)CC1. The number of rotatable bonds is 6. The maximum atomic E-state index is 13.1. The highest BCUT2D eigenvalue weighted by Crippen LogP contribution is 2.22. The molecular weight excluding hydrogens is 297 g/mol. The average Bonchev–Trinajstić information content (AvgIpc) is 2.55. The fourth-order valence-corrected chi connectivity index (χ4v) is 2.89. The highest BCUT2D eigenvalue weighted by Gasteiger charge is 2.29. The summed E-state index contributed by atoms with van der Waals surface area (Å²) in [6.45, 7) is 4.76. The third-order valence-corrected chi connectivity index (χ3v) is 4.23. The number of hydrogen-bond donors (Lipinski definition) is 0. The molecule has 1 aliphatic heterocycles. The van der Waals surface area contributed by atoms with Gasteiger partial charge in [-0.2, -0.15) is 0 Å². The number of ether oxygens (including phenoxy) is 1. The van der Waals surface area contributed by atoms with Gasteiger partial charge in [-0.1, -0.05) is 12.1 Å². The van der Waals surface area contributed by atoms with E-state index in [4.69, 9.17) is 4.74 Å². The van der Waals surface area contributed by atoms with Gasteiger partial charge in [0, 0.05) is 39.8 Å². The van der Waals surface area contributed by atoms with E-state index in [0.29, 0.717) is 19.7 Å². The van der Waals surface area contributed by atoms with Gasteiger partial charge in [0.2, 0.25) is 5.91 Å². The zero-order chi connectivity index (χ0) is 16.8. The molecule has 23 heavy (non-hydrogen) atoms. The van der Waals surface area contributed by atoms with E-state index in [0.717, 1.165) is 25.2 Å². The lowest BCUT2D eigenvalue weighted by atomic mass is 10.0. The lowest BCUT2D eigenvalue weighted by Gasteiger charge is -2.37. The van der Waals surface area contributed by atoms with Crippen LogP contribution >= 0.6 is 0 Å². The van der Waals surface area contributed by atoms with Gasteiger partial charge in [-0.15, -0.1) is 0 Å². The predicted octanol–water partition coefficient (Wildman–Crippen LogP) is 1.22. The third-order valence-electron chi connectivity index (χ3n) is 4.23. The van der Waals surface area contributed by atoms with Crippen molar-refractivity contribution in [1.29, 1.82) is 0 Å². The number of benzene rings is 1. The van der Waals surface area contributed by atoms with Gasteiger partial charge in [-0.25, -0.2) is 4.39 Å². The van der Waals surface area contributed by atoms with E-state index in [2.05, 4.69) is 4.90 Å². The van der Waals surface area contributed by atoms with Crippen molar-refractivity contribution in [3.05, 3.63) is 35.6 Å². The Kier molecular flexibility index (Phi) is 6.50. The van der Waals surface area contributed by atoms with Crippen LogP contribution in [0.2, 0.25) is 0 Å². The van der Waals surface area contributed by atoms with Crippen molar-refractivity contribution in [2.45, 2.75) is 6.04 Å². The van der Waals surface area contributed by atoms with Crippen LogP contribution < -0.4 is 0 Å². The minimum atomic E-state index is -0.374. The van der Waals surface area contributed by atoms with Crippen molar-refractivity contribution >= 4 is 5.91 Å². The summed E-state index contributed by atoms with van der Waals surface area (Å²) in [7, 11) is 5.45. The summed E-state index contributed by atoms with van der Waals surface area (Å²) >= 11 is 0. The first-order chi connectivity index (χ1) is 11.0. The lowest BCUT2D eigenvalue weighted by molar-refractivity contribution is -0.138. The molecule has 0 N–H and O–H groups in total. The summed E-state index contributed by atoms with van der Waals surface area (Å²) in [5.41, 5.74) is 0.822. The smallest absolute Gasteiger partial charge is 0.244 e. The zero-order valence-corrected chi connectivity index (χ0v) is 14.2. The van der Waals surface area contributed by atoms with E-state index in [1.165, 1.54) is 12.1 Å². The Bertz CT molecular complexity index is 499. The van der Waals surface area contributed by atoms with Gasteiger partial charge in [0.05, 0.1) is 6.61 Å². The van der Waals surface area contributed by atoms with Crippen LogP contribution in [0.15, 0.2) is 24.3 Å². The average molecular weight is 323 g/mol. The van der Waals surface area contributed by atoms with Gasteiger partial charge < -0.3 is 9.64 Å². The quantitative estimate of drug-likeness (QED) is 0.789. The molecule has 0 aromatic heterocycles. The lowest BCUT2D eigenvalue weighted by Crippen LogP contribution is -2.51. The van der Waals surface area contributed by atoms with Crippen LogP contribution in [0.25, 0.3) is 0 Å². The molecule has 1 heterocycles. The van der Waals surface area contributed by atoms with Gasteiger partial charge in [0.25, 0.3) is 0 Å². The Balaban J connectivity index is 2.01. The molecule has 1 fully saturated rings. The predicted molar refractivity (Wildman–Crippen MR) is 87.7 cm³/mol. The second kappa shape index (κ2) is 8.38. The summed E-state index contributed by atoms with van der Waals surface area (Å²) in [5.74, 6) is -0.210. The number of nitrogens with zero attached hydrogens (tertiary/aromatic N) is 3. The number of likely N-dealkylation sites (N-methyl/N-ethyl adjacent to an activating group) is 1. The van der Waals surface area contributed by atoms with Crippen LogP contribution in [-0.2, 0) is 9.53 Å². The monoisotopic (exact) mass is 323 g/mol. The highest BCUT2D eigenvalue weighted by atomic mass is 19.1. The van der Waals surface area contributed by atoms with E-state index in [1.54, 1.807) is 19.2 Å². The largest absolute Gasteiger partial charge is 0.383 e. The van der Waals surface area contributed by atoms with Crippen LogP contribution in [0.4, 0.5) is 4.39 Å². The molecule has 5 nitrogen and oxygen atoms in total. The van der Waals surface area contributed by atoms with Gasteiger partial charge in [0.15, 0.2) is 0 Å². The van der Waals surface area contributed by atoms with Crippen LogP contribution in [0, 0.1) is 5.82 Å². The highest BCUT2D eigenvalue weighted by molar-refractivity contribution is 5.83. The molecule has 1 aliphatic rings. The fourth-order valence-electron chi connectivity index (χ4n) is 2.89. The molecule has 1 aromatic rings. The molecule has 0 aliphatic carbocycles. The van der Waals surface area contributed by atoms with Crippen molar-refractivity contribution < 1.29 is 13.9 Å². The molecule has 0 saturated carbocycles. The van der Waals surface area contributed by atoms with Crippen molar-refractivity contribution in [1.82, 2.24) is 14.7 Å². The topological polar surface area (TPSA) is 36.0 Å². The Morgan fingerprint density at radius 1 is 1.22 bits per heavy atom. The van der Waals surface area contributed by atoms with Crippen LogP contribution in [0.5, 0.6) is 0 Å². The first-order valence-electron chi connectivity index (χ1n) is 7.95. The Labute approximate surface area is 137 Å². The molecule has 0 bridgehead atoms. The number of piperazine rings is 1. The van der Waals surface area contributed by atoms with E-state index in [-0.39, 0.29) is 17.8 Å². The first-order valence-corrected chi connectivity index (χ1v) is 7.95. The summed E-state index contributed by atoms with van der Waals surface area (Å²) in [4.78, 5) is 19.0. The molecule has 6 heteroatoms. The summed E-state index contributed by atoms with van der Waals surface area (Å²) < 4.78 is 18.2. The maximum Gasteiger partial charge on any atom is 0.244 e. The molecular formula is C17H26FN3O2. The number of carbonyl (C=O) groups excluding carboxylic acids is 1. The summed E-state index contributed by atoms with van der Waals surface area (Å²) in [5, 5.41) is 0. The molecule has 1 saturated heterocycles. The zero-order valence-electron chi connectivity index (χ0n) is 14.2. The van der Waals surface area contributed by atoms with Crippen molar-refractivity contribution in [3.8, 4) is 0 Å². The number of methoxy groups -OCH3 is 1. The minimum Gasteiger partial charge on any atom is -0.383 e. The first kappa shape index (κ1) is 17.8. The van der Waals surface area contributed by atoms with Crippen LogP contribution in [0.3, 0.4) is 0 Å². The molecule has 0 unspecified atom stereocenters. The van der Waals surface area contributed by atoms with Crippen molar-refractivity contribution in [2.75, 3.05) is 60.5 Å². The molecule has 2 rings (SSSR count). The van der Waals surface area contributed by atoms with Crippen LogP contribution in [0.1, 0.15) is 11.6 Å². The van der Waals surface area contributed by atoms with E-state index in [9.17, 15) is 9.18 Å². The van der Waals surface area contributed by atoms with Gasteiger partial charge in [-0.3, -0.25) is 14.6 Å². The standard InChI is InChI=1S/C17H26FN3O2/c1-19(2)16(14-4-6-15(18)7-5-14)17(22)21-10-8-20(9-11-21)12-13-23-3/h4-7,16H,8-13H2,1-3H3/t16-/m1/s1. The third kappa shape index (κ3) is 4.73. The maximum absolute atomic E-state index is 13.1. The molecule has 1 amide bonds. The number of hydrogen-bond acceptors (Lipinski definition) is 4. The number of carbonyl (C=O) groups is 1. The Morgan fingerprint density at radius 3 is 2.35 bits per heavy atom. The van der Waals surface area contributed by atoms with Crippen LogP contribution in [-0.4, -0.2) is 81.1 Å². The normalized spacial score (nSPS) is 17.5. The fraction of sp³-hybridized carbons (Fsp3) is 0.588. The van der Waals surface area contributed by atoms with Gasteiger partial charge in [0.1, 0.15) is 11.9 Å². The molecule has 128 valence electrons. The second-order valence-electron chi connectivity index (χ2n) is 6.08. The van der Waals surface area contributed by atoms with Crippen molar-refractivity contribution in [3.63, 3.8) is 0 Å². The Hall–Kier alpha value is -1.50. The van der Waals surface area contributed by atoms with Gasteiger partial charge >= 0.3 is 0 Å². The molecule has 0 spiro atoms.